The molecule has 0 spiro atoms. The average molecular weight is 545 g/mol. The molecule has 1 saturated heterocycles. The minimum atomic E-state index is -0.765. The lowest BCUT2D eigenvalue weighted by Crippen LogP contribution is -2.44. The van der Waals surface area contributed by atoms with Gasteiger partial charge in [0.05, 0.1) is 17.9 Å². The summed E-state index contributed by atoms with van der Waals surface area (Å²) in [5.41, 5.74) is 2.52. The van der Waals surface area contributed by atoms with Crippen molar-refractivity contribution in [3.05, 3.63) is 49.9 Å². The highest BCUT2D eigenvalue weighted by Crippen LogP contribution is 2.35. The third-order valence-electron chi connectivity index (χ3n) is 6.47. The molecule has 1 fully saturated rings. The van der Waals surface area contributed by atoms with E-state index in [0.717, 1.165) is 49.3 Å². The van der Waals surface area contributed by atoms with Gasteiger partial charge in [-0.05, 0) is 43.5 Å². The van der Waals surface area contributed by atoms with Gasteiger partial charge in [-0.2, -0.15) is 0 Å². The molecule has 0 unspecified atom stereocenters. The minimum absolute atomic E-state index is 0.0632. The topological polar surface area (TPSA) is 136 Å². The summed E-state index contributed by atoms with van der Waals surface area (Å²) in [5.74, 6) is 1.00. The van der Waals surface area contributed by atoms with Gasteiger partial charge in [0.2, 0.25) is 0 Å². The molecule has 0 aliphatic carbocycles. The second-order valence-electron chi connectivity index (χ2n) is 8.91. The number of aldehydes is 1. The molecule has 0 saturated carbocycles. The predicted octanol–water partition coefficient (Wildman–Crippen LogP) is 2.93. The SMILES string of the molecule is CCCc1c(C=O)n(C)c2c(=O)[nH]c(-c3cc(SN4CCN(CCO[N+](=O)[O-])CC4)ccc3OCC)nc12. The number of carbonyl (C=O) groups is 1. The normalized spacial score (nSPS) is 14.6. The molecule has 1 aromatic carbocycles. The van der Waals surface area contributed by atoms with Crippen molar-refractivity contribution in [2.45, 2.75) is 31.6 Å². The van der Waals surface area contributed by atoms with Crippen LogP contribution in [0.1, 0.15) is 36.3 Å². The number of nitrogens with zero attached hydrogens (tertiary/aromatic N) is 5. The number of aryl methyl sites for hydroxylation is 2. The molecule has 3 heterocycles. The van der Waals surface area contributed by atoms with Gasteiger partial charge >= 0.3 is 0 Å². The predicted molar refractivity (Wildman–Crippen MR) is 144 cm³/mol. The van der Waals surface area contributed by atoms with Crippen molar-refractivity contribution in [1.29, 1.82) is 0 Å². The number of hydrogen-bond acceptors (Lipinski definition) is 10. The molecular weight excluding hydrogens is 512 g/mol. The van der Waals surface area contributed by atoms with E-state index in [2.05, 4.69) is 19.0 Å². The first-order valence-electron chi connectivity index (χ1n) is 12.6. The molecule has 1 N–H and O–H groups in total. The number of nitrogens with one attached hydrogen (secondary N) is 1. The third kappa shape index (κ3) is 6.00. The van der Waals surface area contributed by atoms with Crippen molar-refractivity contribution >= 4 is 29.3 Å². The van der Waals surface area contributed by atoms with E-state index < -0.39 is 5.09 Å². The first-order chi connectivity index (χ1) is 18.4. The van der Waals surface area contributed by atoms with Crippen LogP contribution in [0.4, 0.5) is 0 Å². The van der Waals surface area contributed by atoms with Crippen molar-refractivity contribution in [3.8, 4) is 17.1 Å². The maximum atomic E-state index is 13.2. The number of hydrogen-bond donors (Lipinski definition) is 1. The Kier molecular flexibility index (Phi) is 9.02. The molecule has 2 aromatic heterocycles. The number of benzene rings is 1. The van der Waals surface area contributed by atoms with Crippen molar-refractivity contribution in [2.75, 3.05) is 45.9 Å². The highest BCUT2D eigenvalue weighted by molar-refractivity contribution is 7.97. The molecule has 1 aliphatic heterocycles. The lowest BCUT2D eigenvalue weighted by atomic mass is 10.1. The smallest absolute Gasteiger partial charge is 0.294 e. The summed E-state index contributed by atoms with van der Waals surface area (Å²) in [6.45, 7) is 8.07. The molecule has 12 nitrogen and oxygen atoms in total. The zero-order valence-corrected chi connectivity index (χ0v) is 22.6. The third-order valence-corrected chi connectivity index (χ3v) is 7.56. The zero-order valence-electron chi connectivity index (χ0n) is 21.8. The Hall–Kier alpha value is -3.42. The molecule has 0 amide bonds. The summed E-state index contributed by atoms with van der Waals surface area (Å²) in [5, 5.41) is 9.59. The molecule has 4 rings (SSSR count). The van der Waals surface area contributed by atoms with Crippen LogP contribution in [0.25, 0.3) is 22.4 Å². The molecule has 3 aromatic rings. The van der Waals surface area contributed by atoms with E-state index in [1.54, 1.807) is 23.6 Å². The van der Waals surface area contributed by atoms with Crippen LogP contribution in [0.5, 0.6) is 5.75 Å². The Balaban J connectivity index is 1.60. The van der Waals surface area contributed by atoms with Crippen LogP contribution in [-0.4, -0.2) is 81.1 Å². The second-order valence-corrected chi connectivity index (χ2v) is 10.1. The lowest BCUT2D eigenvalue weighted by molar-refractivity contribution is -0.757. The summed E-state index contributed by atoms with van der Waals surface area (Å²) in [6, 6.07) is 5.81. The first kappa shape index (κ1) is 27.6. The van der Waals surface area contributed by atoms with E-state index in [1.165, 1.54) is 0 Å². The van der Waals surface area contributed by atoms with Crippen molar-refractivity contribution < 1.29 is 19.5 Å². The monoisotopic (exact) mass is 544 g/mol. The van der Waals surface area contributed by atoms with E-state index in [-0.39, 0.29) is 12.2 Å². The number of rotatable bonds is 12. The van der Waals surface area contributed by atoms with Crippen molar-refractivity contribution in [3.63, 3.8) is 0 Å². The molecule has 0 radical (unpaired) electrons. The molecule has 13 heteroatoms. The van der Waals surface area contributed by atoms with Gasteiger partial charge in [0.1, 0.15) is 29.2 Å². The number of piperazine rings is 1. The molecule has 0 bridgehead atoms. The Labute approximate surface area is 224 Å². The summed E-state index contributed by atoms with van der Waals surface area (Å²) in [4.78, 5) is 50.6. The van der Waals surface area contributed by atoms with E-state index in [4.69, 9.17) is 9.72 Å². The van der Waals surface area contributed by atoms with E-state index in [9.17, 15) is 19.7 Å². The van der Waals surface area contributed by atoms with Crippen LogP contribution >= 0.6 is 11.9 Å². The lowest BCUT2D eigenvalue weighted by Gasteiger charge is -2.33. The number of ether oxygens (including phenoxy) is 1. The molecule has 38 heavy (non-hydrogen) atoms. The molecular formula is C25H32N6O6S. The van der Waals surface area contributed by atoms with Gasteiger partial charge < -0.3 is 19.1 Å². The Morgan fingerprint density at radius 3 is 2.66 bits per heavy atom. The fourth-order valence-electron chi connectivity index (χ4n) is 4.68. The van der Waals surface area contributed by atoms with Crippen LogP contribution in [0, 0.1) is 10.1 Å². The van der Waals surface area contributed by atoms with Crippen LogP contribution in [-0.2, 0) is 18.3 Å². The first-order valence-corrected chi connectivity index (χ1v) is 13.4. The molecule has 1 aliphatic rings. The summed E-state index contributed by atoms with van der Waals surface area (Å²) in [6.07, 6.45) is 2.24. The Bertz CT molecular complexity index is 1360. The number of fused-ring (bicyclic) bond motifs is 1. The standard InChI is InChI=1S/C25H32N6O6S/c1-4-6-18-20(16-32)28(3)23-22(18)26-24(27-25(23)33)19-15-17(7-8-21(19)36-5-2)38-30-11-9-29(10-12-30)13-14-37-31(34)35/h7-8,15-16H,4-6,9-14H2,1-3H3,(H,26,27,33). The summed E-state index contributed by atoms with van der Waals surface area (Å²) < 4.78 is 9.72. The van der Waals surface area contributed by atoms with Gasteiger partial charge in [-0.15, -0.1) is 10.1 Å². The van der Waals surface area contributed by atoms with Gasteiger partial charge in [0.25, 0.3) is 10.6 Å². The van der Waals surface area contributed by atoms with Gasteiger partial charge in [-0.1, -0.05) is 13.3 Å². The van der Waals surface area contributed by atoms with E-state index in [0.29, 0.717) is 53.4 Å². The highest BCUT2D eigenvalue weighted by Gasteiger charge is 2.22. The van der Waals surface area contributed by atoms with E-state index >= 15 is 0 Å². The summed E-state index contributed by atoms with van der Waals surface area (Å²) >= 11 is 1.60. The number of aromatic nitrogens is 3. The van der Waals surface area contributed by atoms with Gasteiger partial charge in [-0.3, -0.25) is 14.5 Å². The number of carbonyl (C=O) groups excluding carboxylic acids is 1. The average Bonchev–Trinajstić information content (AvgIpc) is 3.17. The Morgan fingerprint density at radius 1 is 1.24 bits per heavy atom. The quantitative estimate of drug-likeness (QED) is 0.157. The molecule has 204 valence electrons. The maximum Gasteiger partial charge on any atom is 0.294 e. The van der Waals surface area contributed by atoms with Gasteiger partial charge in [0.15, 0.2) is 6.29 Å². The van der Waals surface area contributed by atoms with Crippen LogP contribution < -0.4 is 10.3 Å². The maximum absolute atomic E-state index is 13.2. The zero-order chi connectivity index (χ0) is 27.2. The fraction of sp³-hybridized carbons (Fsp3) is 0.480. The van der Waals surface area contributed by atoms with Gasteiger partial charge in [-0.25, -0.2) is 9.29 Å². The van der Waals surface area contributed by atoms with Crippen LogP contribution in [0.3, 0.4) is 0 Å². The minimum Gasteiger partial charge on any atom is -0.493 e. The second kappa shape index (κ2) is 12.4. The number of H-pyrrole nitrogens is 1. The highest BCUT2D eigenvalue weighted by atomic mass is 32.2. The van der Waals surface area contributed by atoms with E-state index in [1.807, 2.05) is 32.0 Å². The summed E-state index contributed by atoms with van der Waals surface area (Å²) in [7, 11) is 1.71. The molecule has 0 atom stereocenters. The van der Waals surface area contributed by atoms with Crippen LogP contribution in [0.15, 0.2) is 27.9 Å². The van der Waals surface area contributed by atoms with Crippen LogP contribution in [0.2, 0.25) is 0 Å². The van der Waals surface area contributed by atoms with Crippen molar-refractivity contribution in [2.24, 2.45) is 7.05 Å². The largest absolute Gasteiger partial charge is 0.493 e. The van der Waals surface area contributed by atoms with Crippen molar-refractivity contribution in [1.82, 2.24) is 23.7 Å². The van der Waals surface area contributed by atoms with Gasteiger partial charge in [0, 0.05) is 50.2 Å². The number of aromatic amines is 1. The fourth-order valence-corrected chi connectivity index (χ4v) is 5.62. The Morgan fingerprint density at radius 2 is 2.00 bits per heavy atom.